The molecular weight excluding hydrogens is 556 g/mol. The second-order valence-corrected chi connectivity index (χ2v) is 10.4. The number of nitrogens with one attached hydrogen (secondary N) is 2. The zero-order valence-electron chi connectivity index (χ0n) is 25.0. The lowest BCUT2D eigenvalue weighted by atomic mass is 9.92. The summed E-state index contributed by atoms with van der Waals surface area (Å²) in [5, 5.41) is 5.15. The molecule has 5 atom stereocenters. The molecule has 0 saturated carbocycles. The zero-order valence-corrected chi connectivity index (χ0v) is 25.0. The first-order chi connectivity index (χ1) is 20.7. The van der Waals surface area contributed by atoms with E-state index in [1.807, 2.05) is 44.2 Å². The zero-order chi connectivity index (χ0) is 31.4. The third-order valence-corrected chi connectivity index (χ3v) is 7.07. The number of ether oxygens (including phenoxy) is 4. The number of para-hydroxylation sites is 1. The average Bonchev–Trinajstić information content (AvgIpc) is 3.01. The average molecular weight is 597 g/mol. The molecule has 11 heteroatoms. The molecule has 2 aromatic carbocycles. The van der Waals surface area contributed by atoms with E-state index in [1.54, 1.807) is 19.1 Å². The molecule has 0 aliphatic carbocycles. The summed E-state index contributed by atoms with van der Waals surface area (Å²) >= 11 is 0. The van der Waals surface area contributed by atoms with Gasteiger partial charge in [-0.15, -0.1) is 0 Å². The maximum absolute atomic E-state index is 13.6. The summed E-state index contributed by atoms with van der Waals surface area (Å²) in [5.74, 6) is -3.50. The molecule has 1 heterocycles. The number of cyclic esters (lactones) is 2. The molecule has 1 saturated heterocycles. The number of hydrogen-bond donors (Lipinski definition) is 2. The van der Waals surface area contributed by atoms with Crippen LogP contribution >= 0.6 is 0 Å². The van der Waals surface area contributed by atoms with Crippen LogP contribution in [0.15, 0.2) is 48.5 Å². The fourth-order valence-electron chi connectivity index (χ4n) is 4.79. The van der Waals surface area contributed by atoms with Crippen LogP contribution in [0.4, 0.5) is 5.69 Å². The Bertz CT molecular complexity index is 1270. The van der Waals surface area contributed by atoms with E-state index in [1.165, 1.54) is 13.0 Å². The van der Waals surface area contributed by atoms with Gasteiger partial charge in [-0.1, -0.05) is 63.1 Å². The summed E-state index contributed by atoms with van der Waals surface area (Å²) in [4.78, 5) is 64.1. The van der Waals surface area contributed by atoms with Crippen molar-refractivity contribution in [1.82, 2.24) is 5.32 Å². The highest BCUT2D eigenvalue weighted by molar-refractivity contribution is 6.01. The van der Waals surface area contributed by atoms with Gasteiger partial charge in [0.2, 0.25) is 6.41 Å². The van der Waals surface area contributed by atoms with Crippen LogP contribution in [0.2, 0.25) is 0 Å². The van der Waals surface area contributed by atoms with E-state index in [0.717, 1.165) is 12.0 Å². The number of carbonyl (C=O) groups excluding carboxylic acids is 5. The Morgan fingerprint density at radius 1 is 0.930 bits per heavy atom. The van der Waals surface area contributed by atoms with Gasteiger partial charge in [0.05, 0.1) is 17.2 Å². The minimum atomic E-state index is -1.39. The Morgan fingerprint density at radius 2 is 1.65 bits per heavy atom. The van der Waals surface area contributed by atoms with E-state index < -0.39 is 54.1 Å². The molecule has 0 unspecified atom stereocenters. The van der Waals surface area contributed by atoms with E-state index in [2.05, 4.69) is 10.6 Å². The van der Waals surface area contributed by atoms with E-state index in [0.29, 0.717) is 25.7 Å². The molecule has 1 fully saturated rings. The third-order valence-electron chi connectivity index (χ3n) is 7.07. The Labute approximate surface area is 251 Å². The summed E-state index contributed by atoms with van der Waals surface area (Å²) in [5.41, 5.74) is 1.12. The summed E-state index contributed by atoms with van der Waals surface area (Å²) in [6, 6.07) is 12.5. The summed E-state index contributed by atoms with van der Waals surface area (Å²) in [6.07, 6.45) is -0.181. The van der Waals surface area contributed by atoms with Crippen LogP contribution in [0, 0.1) is 5.92 Å². The lowest BCUT2D eigenvalue weighted by molar-refractivity contribution is -0.175. The van der Waals surface area contributed by atoms with Gasteiger partial charge in [-0.3, -0.25) is 19.2 Å². The fraction of sp³-hybridized carbons (Fsp3) is 0.469. The van der Waals surface area contributed by atoms with Gasteiger partial charge in [0.1, 0.15) is 18.8 Å². The van der Waals surface area contributed by atoms with Crippen LogP contribution in [0.1, 0.15) is 75.7 Å². The lowest BCUT2D eigenvalue weighted by Crippen LogP contribution is -2.50. The predicted octanol–water partition coefficient (Wildman–Crippen LogP) is 4.33. The second kappa shape index (κ2) is 16.3. The Morgan fingerprint density at radius 3 is 2.33 bits per heavy atom. The number of unbranched alkanes of at least 4 members (excludes halogenated alkanes) is 1. The largest absolute Gasteiger partial charge is 0.486 e. The number of hydrogen-bond acceptors (Lipinski definition) is 9. The molecule has 1 aliphatic heterocycles. The van der Waals surface area contributed by atoms with E-state index in [-0.39, 0.29) is 30.0 Å². The number of benzene rings is 2. The Hall–Kier alpha value is -4.41. The molecule has 3 rings (SSSR count). The van der Waals surface area contributed by atoms with Crippen LogP contribution < -0.4 is 15.4 Å². The highest BCUT2D eigenvalue weighted by Gasteiger charge is 2.43. The Kier molecular flexibility index (Phi) is 12.5. The minimum absolute atomic E-state index is 0.0363. The maximum atomic E-state index is 13.6. The lowest BCUT2D eigenvalue weighted by Gasteiger charge is -2.29. The van der Waals surface area contributed by atoms with E-state index in [4.69, 9.17) is 18.9 Å². The van der Waals surface area contributed by atoms with Crippen molar-refractivity contribution in [3.05, 3.63) is 59.7 Å². The molecule has 0 bridgehead atoms. The van der Waals surface area contributed by atoms with Crippen LogP contribution in [-0.4, -0.2) is 54.6 Å². The standard InChI is InChI=1S/C32H40N2O9/c1-5-7-15-24-28(43-26(36)12-6-2)21(4)42-32(39)27(20(3)41-31(24)38)34-30(37)23-16-11-17-25(33-19-35)29(23)40-18-22-13-9-8-10-14-22/h8-11,13-14,16-17,19-21,24,27-28H,5-7,12,15,18H2,1-4H3,(H,33,35)(H,34,37)/t20-,21+,24-,27+,28+/m1/s1. The van der Waals surface area contributed by atoms with Crippen LogP contribution in [0.5, 0.6) is 5.75 Å². The number of carbonyl (C=O) groups is 5. The quantitative estimate of drug-likeness (QED) is 0.196. The fourth-order valence-corrected chi connectivity index (χ4v) is 4.79. The van der Waals surface area contributed by atoms with Crippen molar-refractivity contribution in [2.45, 2.75) is 90.8 Å². The van der Waals surface area contributed by atoms with Crippen molar-refractivity contribution in [2.24, 2.45) is 5.92 Å². The first kappa shape index (κ1) is 33.1. The summed E-state index contributed by atoms with van der Waals surface area (Å²) in [6.45, 7) is 6.92. The molecule has 0 aromatic heterocycles. The van der Waals surface area contributed by atoms with Gasteiger partial charge >= 0.3 is 17.9 Å². The third kappa shape index (κ3) is 9.04. The molecule has 0 radical (unpaired) electrons. The van der Waals surface area contributed by atoms with Crippen LogP contribution in [-0.2, 0) is 40.0 Å². The van der Waals surface area contributed by atoms with Gasteiger partial charge in [0.15, 0.2) is 17.9 Å². The van der Waals surface area contributed by atoms with Crippen molar-refractivity contribution in [3.8, 4) is 5.75 Å². The van der Waals surface area contributed by atoms with Crippen LogP contribution in [0.3, 0.4) is 0 Å². The van der Waals surface area contributed by atoms with Gasteiger partial charge in [-0.2, -0.15) is 0 Å². The number of anilines is 1. The molecule has 1 aliphatic rings. The summed E-state index contributed by atoms with van der Waals surface area (Å²) < 4.78 is 23.0. The topological polar surface area (TPSA) is 146 Å². The maximum Gasteiger partial charge on any atom is 0.332 e. The van der Waals surface area contributed by atoms with Crippen molar-refractivity contribution in [3.63, 3.8) is 0 Å². The molecule has 0 spiro atoms. The van der Waals surface area contributed by atoms with Gasteiger partial charge in [-0.25, -0.2) is 4.79 Å². The minimum Gasteiger partial charge on any atom is -0.486 e. The van der Waals surface area contributed by atoms with Crippen molar-refractivity contribution >= 4 is 35.9 Å². The summed E-state index contributed by atoms with van der Waals surface area (Å²) in [7, 11) is 0. The molecule has 2 aromatic rings. The first-order valence-corrected chi connectivity index (χ1v) is 14.6. The van der Waals surface area contributed by atoms with E-state index in [9.17, 15) is 24.0 Å². The number of amides is 2. The van der Waals surface area contributed by atoms with Gasteiger partial charge < -0.3 is 29.6 Å². The molecule has 2 amide bonds. The molecule has 2 N–H and O–H groups in total. The SMILES string of the molecule is CCCC[C@H]1C(=O)O[C@H](C)[C@H](NC(=O)c2cccc(NC=O)c2OCc2ccccc2)C(=O)O[C@@H](C)[C@@H]1OC(=O)CCC. The van der Waals surface area contributed by atoms with E-state index >= 15 is 0 Å². The van der Waals surface area contributed by atoms with Gasteiger partial charge in [0.25, 0.3) is 5.91 Å². The molecule has 43 heavy (non-hydrogen) atoms. The highest BCUT2D eigenvalue weighted by Crippen LogP contribution is 2.31. The monoisotopic (exact) mass is 596 g/mol. The second-order valence-electron chi connectivity index (χ2n) is 10.4. The Balaban J connectivity index is 1.89. The van der Waals surface area contributed by atoms with Gasteiger partial charge in [0, 0.05) is 6.42 Å². The number of esters is 3. The van der Waals surface area contributed by atoms with Crippen molar-refractivity contribution < 1.29 is 42.9 Å². The highest BCUT2D eigenvalue weighted by atomic mass is 16.6. The molecule has 232 valence electrons. The van der Waals surface area contributed by atoms with Gasteiger partial charge in [-0.05, 0) is 44.4 Å². The van der Waals surface area contributed by atoms with Crippen molar-refractivity contribution in [2.75, 3.05) is 5.32 Å². The first-order valence-electron chi connectivity index (χ1n) is 14.6. The van der Waals surface area contributed by atoms with Crippen molar-refractivity contribution in [1.29, 1.82) is 0 Å². The smallest absolute Gasteiger partial charge is 0.332 e. The molecular formula is C32H40N2O9. The normalized spacial score (nSPS) is 22.1. The molecule has 11 nitrogen and oxygen atoms in total. The van der Waals surface area contributed by atoms with Crippen LogP contribution in [0.25, 0.3) is 0 Å². The number of rotatable bonds is 13. The predicted molar refractivity (Wildman–Crippen MR) is 157 cm³/mol.